The lowest BCUT2D eigenvalue weighted by molar-refractivity contribution is -0.0473. The van der Waals surface area contributed by atoms with Gasteiger partial charge in [0.2, 0.25) is 0 Å². The van der Waals surface area contributed by atoms with E-state index in [0.717, 1.165) is 16.9 Å². The monoisotopic (exact) mass is 298 g/mol. The van der Waals surface area contributed by atoms with Crippen LogP contribution in [-0.4, -0.2) is 13.2 Å². The number of fused-ring (bicyclic) bond motifs is 2. The van der Waals surface area contributed by atoms with Gasteiger partial charge in [-0.3, -0.25) is 0 Å². The van der Waals surface area contributed by atoms with E-state index in [1.807, 2.05) is 36.4 Å². The second-order valence-electron chi connectivity index (χ2n) is 5.84. The molecule has 0 saturated carbocycles. The van der Waals surface area contributed by atoms with Gasteiger partial charge in [-0.1, -0.05) is 43.0 Å². The lowest BCUT2D eigenvalue weighted by atomic mass is 9.70. The van der Waals surface area contributed by atoms with Crippen LogP contribution in [0, 0.1) is 5.41 Å². The van der Waals surface area contributed by atoms with Gasteiger partial charge in [0.25, 0.3) is 0 Å². The van der Waals surface area contributed by atoms with Crippen molar-refractivity contribution in [3.63, 3.8) is 0 Å². The molecular weight excluding hydrogens is 279 g/mol. The predicted molar refractivity (Wildman–Crippen MR) is 85.3 cm³/mol. The fourth-order valence-electron chi connectivity index (χ4n) is 3.23. The molecule has 0 aromatic heterocycles. The standard InChI is InChI=1S/C19H19FO2/c1-13(20)8-9-14-10-11-17-19(2,12-14)18(21-3)15-6-4-5-7-16(15)22-17/h4-12,17-18H,1H2,2-3H3/b9-8-. The van der Waals surface area contributed by atoms with Crippen molar-refractivity contribution in [1.29, 1.82) is 0 Å². The summed E-state index contributed by atoms with van der Waals surface area (Å²) in [5.74, 6) is 0.390. The summed E-state index contributed by atoms with van der Waals surface area (Å²) in [7, 11) is 1.71. The minimum absolute atomic E-state index is 0.113. The Morgan fingerprint density at radius 3 is 2.91 bits per heavy atom. The number of para-hydroxylation sites is 1. The Balaban J connectivity index is 2.04. The summed E-state index contributed by atoms with van der Waals surface area (Å²) < 4.78 is 24.8. The lowest BCUT2D eigenvalue weighted by Crippen LogP contribution is -2.44. The van der Waals surface area contributed by atoms with E-state index in [1.54, 1.807) is 13.2 Å². The number of methoxy groups -OCH3 is 1. The van der Waals surface area contributed by atoms with Gasteiger partial charge in [0.15, 0.2) is 0 Å². The van der Waals surface area contributed by atoms with Gasteiger partial charge in [0.1, 0.15) is 17.7 Å². The van der Waals surface area contributed by atoms with E-state index in [2.05, 4.69) is 19.6 Å². The summed E-state index contributed by atoms with van der Waals surface area (Å²) in [6.07, 6.45) is 8.87. The molecule has 0 fully saturated rings. The molecule has 0 saturated heterocycles. The molecule has 1 aliphatic heterocycles. The molecule has 1 aliphatic carbocycles. The quantitative estimate of drug-likeness (QED) is 0.755. The Kier molecular flexibility index (Phi) is 3.75. The first-order chi connectivity index (χ1) is 10.5. The highest BCUT2D eigenvalue weighted by atomic mass is 19.1. The van der Waals surface area contributed by atoms with Crippen molar-refractivity contribution in [3.05, 3.63) is 78.2 Å². The van der Waals surface area contributed by atoms with Crippen molar-refractivity contribution in [2.75, 3.05) is 7.11 Å². The average Bonchev–Trinajstić information content (AvgIpc) is 2.50. The van der Waals surface area contributed by atoms with Gasteiger partial charge < -0.3 is 9.47 Å². The zero-order chi connectivity index (χ0) is 15.7. The highest BCUT2D eigenvalue weighted by Gasteiger charge is 2.47. The van der Waals surface area contributed by atoms with Crippen molar-refractivity contribution < 1.29 is 13.9 Å². The first kappa shape index (κ1) is 14.8. The molecule has 1 heterocycles. The number of hydrogen-bond acceptors (Lipinski definition) is 2. The van der Waals surface area contributed by atoms with E-state index in [0.29, 0.717) is 0 Å². The minimum atomic E-state index is -0.463. The van der Waals surface area contributed by atoms with Gasteiger partial charge in [0, 0.05) is 12.7 Å². The third-order valence-corrected chi connectivity index (χ3v) is 4.27. The SMILES string of the molecule is C=C(F)/C=C\C1=CC2(C)C(C=C1)Oc1ccccc1C2OC. The van der Waals surface area contributed by atoms with E-state index in [-0.39, 0.29) is 17.6 Å². The minimum Gasteiger partial charge on any atom is -0.485 e. The van der Waals surface area contributed by atoms with Gasteiger partial charge in [-0.2, -0.15) is 0 Å². The van der Waals surface area contributed by atoms with Crippen LogP contribution in [0.25, 0.3) is 0 Å². The van der Waals surface area contributed by atoms with Gasteiger partial charge in [-0.25, -0.2) is 4.39 Å². The summed E-state index contributed by atoms with van der Waals surface area (Å²) in [4.78, 5) is 0. The third-order valence-electron chi connectivity index (χ3n) is 4.27. The van der Waals surface area contributed by atoms with Gasteiger partial charge >= 0.3 is 0 Å². The molecule has 0 spiro atoms. The molecular formula is C19H19FO2. The zero-order valence-electron chi connectivity index (χ0n) is 12.8. The van der Waals surface area contributed by atoms with Crippen LogP contribution in [0.5, 0.6) is 5.75 Å². The van der Waals surface area contributed by atoms with E-state index >= 15 is 0 Å². The molecule has 3 heteroatoms. The fourth-order valence-corrected chi connectivity index (χ4v) is 3.23. The number of ether oxygens (including phenoxy) is 2. The van der Waals surface area contributed by atoms with Crippen molar-refractivity contribution in [2.45, 2.75) is 19.1 Å². The van der Waals surface area contributed by atoms with E-state index in [4.69, 9.17) is 9.47 Å². The number of allylic oxidation sites excluding steroid dienone is 5. The summed E-state index contributed by atoms with van der Waals surface area (Å²) >= 11 is 0. The van der Waals surface area contributed by atoms with Crippen LogP contribution >= 0.6 is 0 Å². The van der Waals surface area contributed by atoms with Gasteiger partial charge in [0.05, 0.1) is 11.5 Å². The molecule has 2 nitrogen and oxygen atoms in total. The fraction of sp³-hybridized carbons (Fsp3) is 0.263. The molecule has 3 atom stereocenters. The predicted octanol–water partition coefficient (Wildman–Crippen LogP) is 4.68. The van der Waals surface area contributed by atoms with Gasteiger partial charge in [-0.15, -0.1) is 0 Å². The van der Waals surface area contributed by atoms with Crippen molar-refractivity contribution in [2.24, 2.45) is 5.41 Å². The Labute approximate surface area is 130 Å². The molecule has 114 valence electrons. The molecule has 1 aromatic rings. The van der Waals surface area contributed by atoms with Crippen LogP contribution in [0.4, 0.5) is 4.39 Å². The van der Waals surface area contributed by atoms with Crippen LogP contribution in [-0.2, 0) is 4.74 Å². The number of hydrogen-bond donors (Lipinski definition) is 0. The first-order valence-electron chi connectivity index (χ1n) is 7.26. The molecule has 0 N–H and O–H groups in total. The third kappa shape index (κ3) is 2.42. The van der Waals surface area contributed by atoms with Crippen LogP contribution in [0.1, 0.15) is 18.6 Å². The van der Waals surface area contributed by atoms with E-state index < -0.39 is 5.83 Å². The summed E-state index contributed by atoms with van der Waals surface area (Å²) in [6, 6.07) is 7.92. The highest BCUT2D eigenvalue weighted by molar-refractivity contribution is 5.46. The van der Waals surface area contributed by atoms with Crippen LogP contribution in [0.15, 0.2) is 72.6 Å². The smallest absolute Gasteiger partial charge is 0.129 e. The molecule has 0 amide bonds. The Morgan fingerprint density at radius 2 is 2.18 bits per heavy atom. The Morgan fingerprint density at radius 1 is 1.41 bits per heavy atom. The lowest BCUT2D eigenvalue weighted by Gasteiger charge is -2.46. The summed E-state index contributed by atoms with van der Waals surface area (Å²) in [5, 5.41) is 0. The van der Waals surface area contributed by atoms with Crippen molar-refractivity contribution in [1.82, 2.24) is 0 Å². The molecule has 3 unspecified atom stereocenters. The molecule has 1 aromatic carbocycles. The second kappa shape index (κ2) is 5.58. The van der Waals surface area contributed by atoms with Crippen LogP contribution in [0.3, 0.4) is 0 Å². The normalized spacial score (nSPS) is 29.5. The van der Waals surface area contributed by atoms with Crippen molar-refractivity contribution >= 4 is 0 Å². The highest BCUT2D eigenvalue weighted by Crippen LogP contribution is 2.51. The number of halogens is 1. The molecule has 3 rings (SSSR count). The largest absolute Gasteiger partial charge is 0.485 e. The Bertz CT molecular complexity index is 686. The maximum atomic E-state index is 12.8. The zero-order valence-corrected chi connectivity index (χ0v) is 12.8. The average molecular weight is 298 g/mol. The maximum absolute atomic E-state index is 12.8. The maximum Gasteiger partial charge on any atom is 0.129 e. The van der Waals surface area contributed by atoms with Crippen LogP contribution in [0.2, 0.25) is 0 Å². The van der Waals surface area contributed by atoms with Crippen molar-refractivity contribution in [3.8, 4) is 5.75 Å². The topological polar surface area (TPSA) is 18.5 Å². The van der Waals surface area contributed by atoms with Gasteiger partial charge in [-0.05, 0) is 30.7 Å². The summed E-state index contributed by atoms with van der Waals surface area (Å²) in [5.41, 5.74) is 1.60. The number of rotatable bonds is 3. The van der Waals surface area contributed by atoms with E-state index in [1.165, 1.54) is 6.08 Å². The number of benzene rings is 1. The van der Waals surface area contributed by atoms with E-state index in [9.17, 15) is 4.39 Å². The molecule has 0 bridgehead atoms. The summed E-state index contributed by atoms with van der Waals surface area (Å²) in [6.45, 7) is 5.35. The Hall–Kier alpha value is -2.13. The van der Waals surface area contributed by atoms with Crippen LogP contribution < -0.4 is 4.74 Å². The molecule has 22 heavy (non-hydrogen) atoms. The second-order valence-corrected chi connectivity index (χ2v) is 5.84. The molecule has 0 radical (unpaired) electrons. The molecule has 2 aliphatic rings. The first-order valence-corrected chi connectivity index (χ1v) is 7.26.